The summed E-state index contributed by atoms with van der Waals surface area (Å²) >= 11 is 5.77. The van der Waals surface area contributed by atoms with Crippen molar-refractivity contribution in [3.8, 4) is 0 Å². The van der Waals surface area contributed by atoms with Crippen molar-refractivity contribution in [2.24, 2.45) is 5.92 Å². The van der Waals surface area contributed by atoms with Crippen molar-refractivity contribution in [3.05, 3.63) is 40.9 Å². The largest absolute Gasteiger partial charge is 0.340 e. The van der Waals surface area contributed by atoms with E-state index in [9.17, 15) is 9.59 Å². The maximum atomic E-state index is 11.7. The van der Waals surface area contributed by atoms with Crippen LogP contribution in [0, 0.1) is 5.92 Å². The fraction of sp³-hybridized carbons (Fsp3) is 0.375. The average molecular weight is 308 g/mol. The first-order chi connectivity index (χ1) is 10.1. The van der Waals surface area contributed by atoms with Gasteiger partial charge < -0.3 is 4.84 Å². The van der Waals surface area contributed by atoms with Crippen LogP contribution in [0.3, 0.4) is 0 Å². The van der Waals surface area contributed by atoms with E-state index in [0.29, 0.717) is 5.02 Å². The van der Waals surface area contributed by atoms with Crippen LogP contribution in [0.2, 0.25) is 5.02 Å². The molecule has 1 aromatic carbocycles. The van der Waals surface area contributed by atoms with Gasteiger partial charge in [0.25, 0.3) is 5.91 Å². The Morgan fingerprint density at radius 2 is 1.81 bits per heavy atom. The quantitative estimate of drug-likeness (QED) is 0.687. The van der Waals surface area contributed by atoms with Gasteiger partial charge >= 0.3 is 5.97 Å². The topological polar surface area (TPSA) is 55.4 Å². The molecule has 1 aromatic rings. The second kappa shape index (κ2) is 7.84. The van der Waals surface area contributed by atoms with Crippen LogP contribution in [-0.4, -0.2) is 11.9 Å². The molecule has 0 unspecified atom stereocenters. The van der Waals surface area contributed by atoms with Crippen molar-refractivity contribution < 1.29 is 14.4 Å². The number of hydrogen-bond acceptors (Lipinski definition) is 3. The number of nitrogens with one attached hydrogen (secondary N) is 1. The predicted molar refractivity (Wildman–Crippen MR) is 81.3 cm³/mol. The molecule has 0 aromatic heterocycles. The lowest BCUT2D eigenvalue weighted by atomic mass is 9.89. The van der Waals surface area contributed by atoms with Crippen molar-refractivity contribution in [1.29, 1.82) is 0 Å². The Morgan fingerprint density at radius 3 is 2.48 bits per heavy atom. The third-order valence-corrected chi connectivity index (χ3v) is 3.74. The van der Waals surface area contributed by atoms with Gasteiger partial charge in [0.15, 0.2) is 0 Å². The van der Waals surface area contributed by atoms with Gasteiger partial charge in [-0.25, -0.2) is 4.79 Å². The van der Waals surface area contributed by atoms with Crippen molar-refractivity contribution in [2.75, 3.05) is 0 Å². The first-order valence-electron chi connectivity index (χ1n) is 7.09. The Hall–Kier alpha value is -1.81. The zero-order valence-corrected chi connectivity index (χ0v) is 12.4. The molecule has 5 heteroatoms. The molecule has 1 aliphatic rings. The predicted octanol–water partition coefficient (Wildman–Crippen LogP) is 3.51. The summed E-state index contributed by atoms with van der Waals surface area (Å²) < 4.78 is 0. The lowest BCUT2D eigenvalue weighted by Crippen LogP contribution is -2.30. The van der Waals surface area contributed by atoms with Gasteiger partial charge in [-0.05, 0) is 36.6 Å². The standard InChI is InChI=1S/C16H18ClNO3/c17-14-9-6-12(7-10-14)8-11-15(19)18-21-16(20)13-4-2-1-3-5-13/h6-11,13H,1-5H2,(H,18,19). The Bertz CT molecular complexity index is 519. The highest BCUT2D eigenvalue weighted by Crippen LogP contribution is 2.24. The van der Waals surface area contributed by atoms with Crippen molar-refractivity contribution in [3.63, 3.8) is 0 Å². The van der Waals surface area contributed by atoms with Crippen LogP contribution in [-0.2, 0) is 14.4 Å². The molecule has 1 fully saturated rings. The second-order valence-electron chi connectivity index (χ2n) is 5.11. The SMILES string of the molecule is O=C(C=Cc1ccc(Cl)cc1)NOC(=O)C1CCCCC1. The fourth-order valence-electron chi connectivity index (χ4n) is 2.30. The summed E-state index contributed by atoms with van der Waals surface area (Å²) in [6, 6.07) is 7.06. The lowest BCUT2D eigenvalue weighted by Gasteiger charge is -2.19. The first-order valence-corrected chi connectivity index (χ1v) is 7.47. The minimum Gasteiger partial charge on any atom is -0.340 e. The first kappa shape index (κ1) is 15.6. The number of hydrogen-bond donors (Lipinski definition) is 1. The Balaban J connectivity index is 1.76. The summed E-state index contributed by atoms with van der Waals surface area (Å²) in [5, 5.41) is 0.637. The molecule has 4 nitrogen and oxygen atoms in total. The van der Waals surface area contributed by atoms with Crippen LogP contribution in [0.4, 0.5) is 0 Å². The highest BCUT2D eigenvalue weighted by molar-refractivity contribution is 6.30. The molecule has 0 radical (unpaired) electrons. The third-order valence-electron chi connectivity index (χ3n) is 3.49. The molecule has 0 atom stereocenters. The van der Waals surface area contributed by atoms with E-state index in [0.717, 1.165) is 31.2 Å². The van der Waals surface area contributed by atoms with E-state index in [4.69, 9.17) is 16.4 Å². The summed E-state index contributed by atoms with van der Waals surface area (Å²) in [7, 11) is 0. The van der Waals surface area contributed by atoms with Crippen LogP contribution in [0.15, 0.2) is 30.3 Å². The van der Waals surface area contributed by atoms with Gasteiger partial charge in [-0.2, -0.15) is 5.48 Å². The van der Waals surface area contributed by atoms with Crippen LogP contribution in [0.1, 0.15) is 37.7 Å². The molecule has 0 spiro atoms. The molecule has 1 saturated carbocycles. The Kier molecular flexibility index (Phi) is 5.81. The van der Waals surface area contributed by atoms with E-state index >= 15 is 0 Å². The number of benzene rings is 1. The zero-order valence-electron chi connectivity index (χ0n) is 11.7. The van der Waals surface area contributed by atoms with E-state index in [1.165, 1.54) is 12.5 Å². The zero-order chi connectivity index (χ0) is 15.1. The van der Waals surface area contributed by atoms with Crippen LogP contribution >= 0.6 is 11.6 Å². The lowest BCUT2D eigenvalue weighted by molar-refractivity contribution is -0.161. The summed E-state index contributed by atoms with van der Waals surface area (Å²) in [6.07, 6.45) is 7.89. The molecule has 0 bridgehead atoms. The van der Waals surface area contributed by atoms with Crippen LogP contribution in [0.25, 0.3) is 6.08 Å². The average Bonchev–Trinajstić information content (AvgIpc) is 2.53. The normalized spacial score (nSPS) is 15.9. The number of halogens is 1. The molecule has 21 heavy (non-hydrogen) atoms. The number of amides is 1. The third kappa shape index (κ3) is 5.23. The van der Waals surface area contributed by atoms with Crippen molar-refractivity contribution >= 4 is 29.6 Å². The van der Waals surface area contributed by atoms with Gasteiger partial charge in [-0.3, -0.25) is 4.79 Å². The monoisotopic (exact) mass is 307 g/mol. The number of carbonyl (C=O) groups is 2. The van der Waals surface area contributed by atoms with Gasteiger partial charge in [-0.1, -0.05) is 43.0 Å². The molecule has 1 N–H and O–H groups in total. The van der Waals surface area contributed by atoms with Crippen molar-refractivity contribution in [1.82, 2.24) is 5.48 Å². The maximum absolute atomic E-state index is 11.7. The van der Waals surface area contributed by atoms with E-state index in [1.54, 1.807) is 30.3 Å². The number of rotatable bonds is 3. The van der Waals surface area contributed by atoms with Gasteiger partial charge in [-0.15, -0.1) is 0 Å². The van der Waals surface area contributed by atoms with E-state index in [2.05, 4.69) is 5.48 Å². The van der Waals surface area contributed by atoms with Crippen LogP contribution < -0.4 is 5.48 Å². The fourth-order valence-corrected chi connectivity index (χ4v) is 2.43. The van der Waals surface area contributed by atoms with E-state index in [1.807, 2.05) is 0 Å². The van der Waals surface area contributed by atoms with E-state index < -0.39 is 5.91 Å². The van der Waals surface area contributed by atoms with Gasteiger partial charge in [0.05, 0.1) is 5.92 Å². The molecule has 0 heterocycles. The van der Waals surface area contributed by atoms with Gasteiger partial charge in [0.1, 0.15) is 0 Å². The van der Waals surface area contributed by atoms with E-state index in [-0.39, 0.29) is 11.9 Å². The molecule has 2 rings (SSSR count). The number of hydroxylamine groups is 1. The summed E-state index contributed by atoms with van der Waals surface area (Å²) in [5.41, 5.74) is 3.00. The van der Waals surface area contributed by atoms with Gasteiger partial charge in [0.2, 0.25) is 0 Å². The Morgan fingerprint density at radius 1 is 1.14 bits per heavy atom. The second-order valence-corrected chi connectivity index (χ2v) is 5.54. The molecule has 112 valence electrons. The highest BCUT2D eigenvalue weighted by Gasteiger charge is 2.23. The molecule has 0 saturated heterocycles. The maximum Gasteiger partial charge on any atom is 0.335 e. The smallest absolute Gasteiger partial charge is 0.335 e. The molecular formula is C16H18ClNO3. The molecular weight excluding hydrogens is 290 g/mol. The number of carbonyl (C=O) groups excluding carboxylic acids is 2. The minimum atomic E-state index is -0.464. The van der Waals surface area contributed by atoms with Crippen LogP contribution in [0.5, 0.6) is 0 Å². The van der Waals surface area contributed by atoms with Gasteiger partial charge in [0, 0.05) is 11.1 Å². The summed E-state index contributed by atoms with van der Waals surface area (Å²) in [4.78, 5) is 28.1. The Labute approximate surface area is 129 Å². The summed E-state index contributed by atoms with van der Waals surface area (Å²) in [6.45, 7) is 0. The molecule has 1 aliphatic carbocycles. The highest BCUT2D eigenvalue weighted by atomic mass is 35.5. The van der Waals surface area contributed by atoms with Crippen molar-refractivity contribution in [2.45, 2.75) is 32.1 Å². The summed E-state index contributed by atoms with van der Waals surface area (Å²) in [5.74, 6) is -0.892. The molecule has 0 aliphatic heterocycles. The molecule has 1 amide bonds. The minimum absolute atomic E-state index is 0.0840.